The molecule has 0 fully saturated rings. The predicted molar refractivity (Wildman–Crippen MR) is 35.4 cm³/mol. The van der Waals surface area contributed by atoms with Crippen molar-refractivity contribution in [2.45, 2.75) is 0 Å². The molecule has 1 heterocycles. The molecular formula is C6H6N2O2. The van der Waals surface area contributed by atoms with Gasteiger partial charge in [0.15, 0.2) is 0 Å². The first-order valence-corrected chi connectivity index (χ1v) is 2.64. The maximum Gasteiger partial charge on any atom is 0.281 e. The van der Waals surface area contributed by atoms with Crippen LogP contribution in [0.25, 0.3) is 6.08 Å². The number of hydrogen-bond acceptors (Lipinski definition) is 4. The monoisotopic (exact) mass is 138 g/mol. The van der Waals surface area contributed by atoms with Crippen molar-refractivity contribution >= 4 is 6.08 Å². The molecule has 0 bridgehead atoms. The van der Waals surface area contributed by atoms with E-state index in [9.17, 15) is 0 Å². The summed E-state index contributed by atoms with van der Waals surface area (Å²) in [6.07, 6.45) is 3.00. The van der Waals surface area contributed by atoms with Crippen LogP contribution < -0.4 is 4.89 Å². The van der Waals surface area contributed by atoms with Gasteiger partial charge in [-0.3, -0.25) is 0 Å². The van der Waals surface area contributed by atoms with Crippen molar-refractivity contribution in [3.8, 4) is 5.88 Å². The van der Waals surface area contributed by atoms with E-state index < -0.39 is 0 Å². The molecule has 0 saturated heterocycles. The van der Waals surface area contributed by atoms with E-state index in [4.69, 9.17) is 5.26 Å². The molecule has 0 spiro atoms. The van der Waals surface area contributed by atoms with Gasteiger partial charge in [0.1, 0.15) is 0 Å². The number of aromatic nitrogens is 2. The van der Waals surface area contributed by atoms with Crippen LogP contribution in [0, 0.1) is 0 Å². The third kappa shape index (κ3) is 1.11. The molecule has 10 heavy (non-hydrogen) atoms. The Labute approximate surface area is 57.7 Å². The Morgan fingerprint density at radius 1 is 1.70 bits per heavy atom. The standard InChI is InChI=1S/C6H6N2O2/c1-2-5-3-4-7-8-6(5)10-9/h2-4,9H,1H2. The zero-order valence-corrected chi connectivity index (χ0v) is 5.19. The lowest BCUT2D eigenvalue weighted by molar-refractivity contribution is -0.142. The van der Waals surface area contributed by atoms with E-state index in [1.807, 2.05) is 0 Å². The number of hydrogen-bond donors (Lipinski definition) is 1. The van der Waals surface area contributed by atoms with Crippen molar-refractivity contribution in [1.29, 1.82) is 0 Å². The van der Waals surface area contributed by atoms with E-state index in [2.05, 4.69) is 21.7 Å². The topological polar surface area (TPSA) is 55.2 Å². The Morgan fingerprint density at radius 2 is 2.50 bits per heavy atom. The quantitative estimate of drug-likeness (QED) is 0.488. The van der Waals surface area contributed by atoms with Gasteiger partial charge in [0, 0.05) is 5.56 Å². The smallest absolute Gasteiger partial charge is 0.281 e. The molecule has 0 aliphatic rings. The third-order valence-corrected chi connectivity index (χ3v) is 1.02. The molecule has 0 amide bonds. The fourth-order valence-corrected chi connectivity index (χ4v) is 0.555. The summed E-state index contributed by atoms with van der Waals surface area (Å²) in [5.74, 6) is 0.0671. The Balaban J connectivity index is 3.08. The molecule has 0 radical (unpaired) electrons. The Kier molecular flexibility index (Phi) is 1.96. The average Bonchev–Trinajstić information content (AvgIpc) is 2.04. The van der Waals surface area contributed by atoms with E-state index in [1.54, 1.807) is 6.07 Å². The van der Waals surface area contributed by atoms with Crippen LogP contribution in [-0.4, -0.2) is 15.5 Å². The third-order valence-electron chi connectivity index (χ3n) is 1.02. The van der Waals surface area contributed by atoms with Gasteiger partial charge in [-0.05, 0) is 6.07 Å². The molecule has 4 heteroatoms. The summed E-state index contributed by atoms with van der Waals surface area (Å²) in [5.41, 5.74) is 0.609. The van der Waals surface area contributed by atoms with Crippen molar-refractivity contribution in [1.82, 2.24) is 10.2 Å². The van der Waals surface area contributed by atoms with Crippen LogP contribution in [0.15, 0.2) is 18.8 Å². The molecule has 1 rings (SSSR count). The van der Waals surface area contributed by atoms with Crippen LogP contribution in [0.3, 0.4) is 0 Å². The van der Waals surface area contributed by atoms with Crippen LogP contribution in [0.5, 0.6) is 5.88 Å². The van der Waals surface area contributed by atoms with E-state index in [1.165, 1.54) is 12.3 Å². The molecule has 0 unspecified atom stereocenters. The van der Waals surface area contributed by atoms with E-state index in [-0.39, 0.29) is 5.88 Å². The molecule has 4 nitrogen and oxygen atoms in total. The zero-order valence-electron chi connectivity index (χ0n) is 5.19. The maximum absolute atomic E-state index is 8.20. The second-order valence-corrected chi connectivity index (χ2v) is 1.59. The fourth-order valence-electron chi connectivity index (χ4n) is 0.555. The van der Waals surface area contributed by atoms with Crippen molar-refractivity contribution in [2.24, 2.45) is 0 Å². The SMILES string of the molecule is C=Cc1ccnnc1OO. The van der Waals surface area contributed by atoms with Crippen molar-refractivity contribution in [3.05, 3.63) is 24.4 Å². The lowest BCUT2D eigenvalue weighted by atomic mass is 10.3. The summed E-state index contributed by atoms with van der Waals surface area (Å²) in [6.45, 7) is 3.48. The molecule has 1 N–H and O–H groups in total. The lowest BCUT2D eigenvalue weighted by Gasteiger charge is -1.95. The van der Waals surface area contributed by atoms with Gasteiger partial charge in [0.25, 0.3) is 5.88 Å². The Hall–Kier alpha value is -1.42. The van der Waals surface area contributed by atoms with Gasteiger partial charge in [0.05, 0.1) is 6.20 Å². The average molecular weight is 138 g/mol. The predicted octanol–water partition coefficient (Wildman–Crippen LogP) is 0.971. The maximum atomic E-state index is 8.20. The van der Waals surface area contributed by atoms with Crippen LogP contribution in [0.2, 0.25) is 0 Å². The largest absolute Gasteiger partial charge is 0.317 e. The van der Waals surface area contributed by atoms with Crippen molar-refractivity contribution in [2.75, 3.05) is 0 Å². The summed E-state index contributed by atoms with van der Waals surface area (Å²) in [6, 6.07) is 1.63. The molecule has 52 valence electrons. The van der Waals surface area contributed by atoms with Crippen molar-refractivity contribution < 1.29 is 10.1 Å². The van der Waals surface area contributed by atoms with Gasteiger partial charge >= 0.3 is 0 Å². The zero-order chi connectivity index (χ0) is 7.40. The van der Waals surface area contributed by atoms with Crippen molar-refractivity contribution in [3.63, 3.8) is 0 Å². The minimum atomic E-state index is 0.0671. The van der Waals surface area contributed by atoms with Gasteiger partial charge in [-0.2, -0.15) is 5.10 Å². The fraction of sp³-hybridized carbons (Fsp3) is 0. The highest BCUT2D eigenvalue weighted by Crippen LogP contribution is 2.12. The van der Waals surface area contributed by atoms with E-state index in [0.717, 1.165) is 0 Å². The van der Waals surface area contributed by atoms with E-state index >= 15 is 0 Å². The molecule has 1 aromatic heterocycles. The second kappa shape index (κ2) is 2.93. The van der Waals surface area contributed by atoms with Gasteiger partial charge in [-0.1, -0.05) is 12.7 Å². The van der Waals surface area contributed by atoms with Crippen LogP contribution in [0.4, 0.5) is 0 Å². The summed E-state index contributed by atoms with van der Waals surface area (Å²) in [4.78, 5) is 3.89. The molecule has 0 aromatic carbocycles. The minimum Gasteiger partial charge on any atom is -0.317 e. The van der Waals surface area contributed by atoms with Crippen LogP contribution >= 0.6 is 0 Å². The molecule has 0 atom stereocenters. The number of nitrogens with zero attached hydrogens (tertiary/aromatic N) is 2. The first-order chi connectivity index (χ1) is 4.88. The van der Waals surface area contributed by atoms with Gasteiger partial charge < -0.3 is 4.89 Å². The Bertz CT molecular complexity index is 237. The number of rotatable bonds is 2. The highest BCUT2D eigenvalue weighted by Gasteiger charge is 1.98. The van der Waals surface area contributed by atoms with E-state index in [0.29, 0.717) is 5.56 Å². The first kappa shape index (κ1) is 6.70. The highest BCUT2D eigenvalue weighted by atomic mass is 17.1. The molecule has 0 aliphatic heterocycles. The summed E-state index contributed by atoms with van der Waals surface area (Å²) in [5, 5.41) is 15.2. The molecule has 0 aliphatic carbocycles. The summed E-state index contributed by atoms with van der Waals surface area (Å²) >= 11 is 0. The summed E-state index contributed by atoms with van der Waals surface area (Å²) in [7, 11) is 0. The van der Waals surface area contributed by atoms with Gasteiger partial charge in [0.2, 0.25) is 0 Å². The molecule has 0 saturated carbocycles. The van der Waals surface area contributed by atoms with Gasteiger partial charge in [-0.15, -0.1) is 5.10 Å². The van der Waals surface area contributed by atoms with Gasteiger partial charge in [-0.25, -0.2) is 5.26 Å². The molecule has 1 aromatic rings. The second-order valence-electron chi connectivity index (χ2n) is 1.59. The highest BCUT2D eigenvalue weighted by molar-refractivity contribution is 5.51. The molecular weight excluding hydrogens is 132 g/mol. The first-order valence-electron chi connectivity index (χ1n) is 2.64. The van der Waals surface area contributed by atoms with Crippen LogP contribution in [-0.2, 0) is 0 Å². The van der Waals surface area contributed by atoms with Crippen LogP contribution in [0.1, 0.15) is 5.56 Å². The Morgan fingerprint density at radius 3 is 3.00 bits per heavy atom. The summed E-state index contributed by atoms with van der Waals surface area (Å²) < 4.78 is 0. The minimum absolute atomic E-state index is 0.0671. The lowest BCUT2D eigenvalue weighted by Crippen LogP contribution is -1.92. The normalized spacial score (nSPS) is 8.90.